The third kappa shape index (κ3) is 2.27. The van der Waals surface area contributed by atoms with Crippen LogP contribution in [-0.4, -0.2) is 35.6 Å². The molecule has 18 heavy (non-hydrogen) atoms. The van der Waals surface area contributed by atoms with Crippen molar-refractivity contribution in [3.05, 3.63) is 22.4 Å². The number of fused-ring (bicyclic) bond motifs is 2. The van der Waals surface area contributed by atoms with E-state index in [4.69, 9.17) is 4.74 Å². The molecule has 1 saturated heterocycles. The molecule has 0 saturated carbocycles. The number of nitrogens with zero attached hydrogens (tertiary/aromatic N) is 2. The van der Waals surface area contributed by atoms with Crippen LogP contribution < -0.4 is 5.32 Å². The van der Waals surface area contributed by atoms with Crippen molar-refractivity contribution in [2.75, 3.05) is 13.7 Å². The number of methoxy groups -OCH3 is 1. The monoisotopic (exact) mass is 311 g/mol. The second-order valence-electron chi connectivity index (χ2n) is 5.00. The van der Waals surface area contributed by atoms with Gasteiger partial charge < -0.3 is 10.1 Å². The molecule has 2 atom stereocenters. The smallest absolute Gasteiger partial charge is 0.0783 e. The van der Waals surface area contributed by atoms with Crippen molar-refractivity contribution >= 4 is 21.5 Å². The molecule has 2 unspecified atom stereocenters. The molecule has 3 heterocycles. The van der Waals surface area contributed by atoms with Gasteiger partial charge in [-0.15, -0.1) is 0 Å². The van der Waals surface area contributed by atoms with Crippen molar-refractivity contribution < 1.29 is 4.74 Å². The summed E-state index contributed by atoms with van der Waals surface area (Å²) < 4.78 is 8.28. The van der Waals surface area contributed by atoms with Crippen LogP contribution in [0.2, 0.25) is 0 Å². The lowest BCUT2D eigenvalue weighted by Crippen LogP contribution is -2.32. The predicted octanol–water partition coefficient (Wildman–Crippen LogP) is 2.20. The summed E-state index contributed by atoms with van der Waals surface area (Å²) in [5, 5.41) is 8.05. The Hall–Kier alpha value is -0.650. The minimum Gasteiger partial charge on any atom is -0.383 e. The van der Waals surface area contributed by atoms with Gasteiger partial charge in [0.15, 0.2) is 0 Å². The standard InChI is InChI=1S/C13H18BrN3O/c1-18-5-4-17-13(12(14)8-15-17)9-6-10-2-3-11(7-9)16-10/h6,8,10-11,16H,2-5,7H2,1H3. The van der Waals surface area contributed by atoms with E-state index in [0.29, 0.717) is 18.7 Å². The largest absolute Gasteiger partial charge is 0.383 e. The maximum atomic E-state index is 5.14. The van der Waals surface area contributed by atoms with Crippen molar-refractivity contribution in [2.24, 2.45) is 0 Å². The van der Waals surface area contributed by atoms with Crippen LogP contribution in [0.3, 0.4) is 0 Å². The highest BCUT2D eigenvalue weighted by molar-refractivity contribution is 9.10. The zero-order valence-electron chi connectivity index (χ0n) is 10.5. The first-order valence-electron chi connectivity index (χ1n) is 6.45. The summed E-state index contributed by atoms with van der Waals surface area (Å²) in [6.45, 7) is 1.50. The Balaban J connectivity index is 1.89. The average molecular weight is 312 g/mol. The molecular formula is C13H18BrN3O. The van der Waals surface area contributed by atoms with Gasteiger partial charge in [-0.05, 0) is 40.8 Å². The Labute approximate surface area is 116 Å². The van der Waals surface area contributed by atoms with Crippen molar-refractivity contribution in [3.63, 3.8) is 0 Å². The number of ether oxygens (including phenoxy) is 1. The molecule has 2 bridgehead atoms. The van der Waals surface area contributed by atoms with Gasteiger partial charge in [0.25, 0.3) is 0 Å². The fraction of sp³-hybridized carbons (Fsp3) is 0.615. The fourth-order valence-electron chi connectivity index (χ4n) is 2.92. The molecule has 0 aromatic carbocycles. The molecule has 4 nitrogen and oxygen atoms in total. The molecule has 0 amide bonds. The van der Waals surface area contributed by atoms with Gasteiger partial charge in [-0.1, -0.05) is 6.08 Å². The molecule has 1 N–H and O–H groups in total. The second-order valence-corrected chi connectivity index (χ2v) is 5.85. The van der Waals surface area contributed by atoms with Crippen LogP contribution in [0.4, 0.5) is 0 Å². The van der Waals surface area contributed by atoms with E-state index >= 15 is 0 Å². The van der Waals surface area contributed by atoms with Crippen LogP contribution >= 0.6 is 15.9 Å². The van der Waals surface area contributed by atoms with Gasteiger partial charge in [-0.25, -0.2) is 0 Å². The summed E-state index contributed by atoms with van der Waals surface area (Å²) >= 11 is 3.62. The van der Waals surface area contributed by atoms with Crippen LogP contribution in [0, 0.1) is 0 Å². The van der Waals surface area contributed by atoms with Crippen molar-refractivity contribution in [3.8, 4) is 0 Å². The Morgan fingerprint density at radius 1 is 1.56 bits per heavy atom. The zero-order chi connectivity index (χ0) is 12.5. The highest BCUT2D eigenvalue weighted by Gasteiger charge is 2.30. The lowest BCUT2D eigenvalue weighted by molar-refractivity contribution is 0.183. The van der Waals surface area contributed by atoms with E-state index in [1.807, 2.05) is 10.9 Å². The first kappa shape index (κ1) is 12.4. The molecule has 0 spiro atoms. The van der Waals surface area contributed by atoms with Crippen LogP contribution in [-0.2, 0) is 11.3 Å². The molecule has 1 aromatic heterocycles. The molecule has 0 aliphatic carbocycles. The van der Waals surface area contributed by atoms with Gasteiger partial charge in [0.2, 0.25) is 0 Å². The molecule has 3 rings (SSSR count). The number of rotatable bonds is 4. The van der Waals surface area contributed by atoms with E-state index in [2.05, 4.69) is 32.4 Å². The SMILES string of the molecule is COCCn1ncc(Br)c1C1=CC2CCC(C1)N2. The number of nitrogens with one attached hydrogen (secondary N) is 1. The first-order chi connectivity index (χ1) is 8.78. The number of hydrogen-bond acceptors (Lipinski definition) is 3. The summed E-state index contributed by atoms with van der Waals surface area (Å²) in [7, 11) is 1.72. The molecule has 98 valence electrons. The zero-order valence-corrected chi connectivity index (χ0v) is 12.1. The Morgan fingerprint density at radius 3 is 3.22 bits per heavy atom. The lowest BCUT2D eigenvalue weighted by atomic mass is 10.0. The molecule has 0 radical (unpaired) electrons. The summed E-state index contributed by atoms with van der Waals surface area (Å²) in [6.07, 6.45) is 7.91. The predicted molar refractivity (Wildman–Crippen MR) is 74.3 cm³/mol. The maximum absolute atomic E-state index is 5.14. The highest BCUT2D eigenvalue weighted by atomic mass is 79.9. The topological polar surface area (TPSA) is 39.1 Å². The minimum atomic E-state index is 0.552. The third-order valence-electron chi connectivity index (χ3n) is 3.75. The van der Waals surface area contributed by atoms with Crippen LogP contribution in [0.5, 0.6) is 0 Å². The van der Waals surface area contributed by atoms with Gasteiger partial charge in [0.1, 0.15) is 0 Å². The van der Waals surface area contributed by atoms with Crippen molar-refractivity contribution in [1.29, 1.82) is 0 Å². The van der Waals surface area contributed by atoms with Gasteiger partial charge in [-0.3, -0.25) is 4.68 Å². The summed E-state index contributed by atoms with van der Waals surface area (Å²) in [5.41, 5.74) is 2.65. The maximum Gasteiger partial charge on any atom is 0.0783 e. The summed E-state index contributed by atoms with van der Waals surface area (Å²) in [5.74, 6) is 0. The third-order valence-corrected chi connectivity index (χ3v) is 4.33. The number of halogens is 1. The molecular weight excluding hydrogens is 294 g/mol. The first-order valence-corrected chi connectivity index (χ1v) is 7.24. The number of aromatic nitrogens is 2. The van der Waals surface area contributed by atoms with Crippen LogP contribution in [0.1, 0.15) is 25.0 Å². The van der Waals surface area contributed by atoms with Gasteiger partial charge >= 0.3 is 0 Å². The number of hydrogen-bond donors (Lipinski definition) is 1. The second kappa shape index (κ2) is 5.15. The van der Waals surface area contributed by atoms with Crippen LogP contribution in [0.15, 0.2) is 16.7 Å². The van der Waals surface area contributed by atoms with Crippen molar-refractivity contribution in [1.82, 2.24) is 15.1 Å². The molecule has 5 heteroatoms. The quantitative estimate of drug-likeness (QED) is 0.926. The minimum absolute atomic E-state index is 0.552. The Bertz CT molecular complexity index is 469. The van der Waals surface area contributed by atoms with Crippen molar-refractivity contribution in [2.45, 2.75) is 37.9 Å². The van der Waals surface area contributed by atoms with E-state index in [-0.39, 0.29) is 0 Å². The average Bonchev–Trinajstić information content (AvgIpc) is 2.90. The Kier molecular flexibility index (Phi) is 3.54. The van der Waals surface area contributed by atoms with E-state index < -0.39 is 0 Å². The highest BCUT2D eigenvalue weighted by Crippen LogP contribution is 2.34. The van der Waals surface area contributed by atoms with E-state index in [1.165, 1.54) is 24.1 Å². The normalized spacial score (nSPS) is 26.4. The molecule has 2 aliphatic rings. The van der Waals surface area contributed by atoms with Gasteiger partial charge in [0, 0.05) is 19.2 Å². The molecule has 1 fully saturated rings. The fourth-order valence-corrected chi connectivity index (χ4v) is 3.47. The van der Waals surface area contributed by atoms with E-state index in [1.54, 1.807) is 7.11 Å². The van der Waals surface area contributed by atoms with E-state index in [0.717, 1.165) is 17.4 Å². The molecule has 1 aromatic rings. The summed E-state index contributed by atoms with van der Waals surface area (Å²) in [6, 6.07) is 1.20. The summed E-state index contributed by atoms with van der Waals surface area (Å²) in [4.78, 5) is 0. The van der Waals surface area contributed by atoms with E-state index in [9.17, 15) is 0 Å². The van der Waals surface area contributed by atoms with Gasteiger partial charge in [0.05, 0.1) is 29.5 Å². The lowest BCUT2D eigenvalue weighted by Gasteiger charge is -2.22. The van der Waals surface area contributed by atoms with Crippen LogP contribution in [0.25, 0.3) is 5.57 Å². The Morgan fingerprint density at radius 2 is 2.44 bits per heavy atom. The molecule has 2 aliphatic heterocycles. The van der Waals surface area contributed by atoms with Gasteiger partial charge in [-0.2, -0.15) is 5.10 Å².